The van der Waals surface area contributed by atoms with Gasteiger partial charge in [-0.25, -0.2) is 4.79 Å². The van der Waals surface area contributed by atoms with Crippen LogP contribution in [-0.4, -0.2) is 41.6 Å². The third-order valence-corrected chi connectivity index (χ3v) is 4.35. The first-order valence-electron chi connectivity index (χ1n) is 9.23. The molecule has 136 valence electrons. The van der Waals surface area contributed by atoms with Gasteiger partial charge in [0.25, 0.3) is 0 Å². The highest BCUT2D eigenvalue weighted by Gasteiger charge is 2.21. The van der Waals surface area contributed by atoms with Crippen LogP contribution in [0.4, 0.5) is 4.79 Å². The normalized spacial score (nSPS) is 12.0. The molecule has 0 aromatic carbocycles. The first kappa shape index (κ1) is 21.7. The molecule has 1 atom stereocenters. The monoisotopic (exact) mass is 328 g/mol. The molecule has 0 heterocycles. The zero-order valence-electron chi connectivity index (χ0n) is 15.3. The first-order chi connectivity index (χ1) is 11.0. The van der Waals surface area contributed by atoms with Gasteiger partial charge in [-0.15, -0.1) is 0 Å². The van der Waals surface area contributed by atoms with Crippen molar-refractivity contribution >= 4 is 12.0 Å². The number of hydrogen-bond acceptors (Lipinski definition) is 2. The number of rotatable bonds is 14. The Morgan fingerprint density at radius 2 is 1.43 bits per heavy atom. The van der Waals surface area contributed by atoms with Crippen LogP contribution in [0.25, 0.3) is 0 Å². The van der Waals surface area contributed by atoms with Gasteiger partial charge < -0.3 is 10.4 Å². The Hall–Kier alpha value is -1.26. The molecule has 5 nitrogen and oxygen atoms in total. The van der Waals surface area contributed by atoms with Gasteiger partial charge in [-0.3, -0.25) is 9.69 Å². The smallest absolute Gasteiger partial charge is 0.408 e. The Labute approximate surface area is 141 Å². The number of unbranched alkanes of at least 4 members (excludes halogenated alkanes) is 9. The van der Waals surface area contributed by atoms with E-state index in [2.05, 4.69) is 12.2 Å². The quantitative estimate of drug-likeness (QED) is 0.464. The number of nitrogens with zero attached hydrogens (tertiary/aromatic N) is 1. The molecule has 0 aliphatic rings. The molecule has 0 aliphatic carbocycles. The molecule has 5 heteroatoms. The number of carbonyl (C=O) groups excluding carboxylic acids is 1. The molecule has 0 saturated carbocycles. The third-order valence-electron chi connectivity index (χ3n) is 4.35. The highest BCUT2D eigenvalue weighted by Crippen LogP contribution is 2.14. The van der Waals surface area contributed by atoms with E-state index in [4.69, 9.17) is 0 Å². The van der Waals surface area contributed by atoms with Crippen molar-refractivity contribution in [1.29, 1.82) is 0 Å². The largest absolute Gasteiger partial charge is 0.465 e. The van der Waals surface area contributed by atoms with Crippen LogP contribution in [0, 0.1) is 0 Å². The minimum absolute atomic E-state index is 0.0786. The topological polar surface area (TPSA) is 69.6 Å². The Morgan fingerprint density at radius 1 is 0.957 bits per heavy atom. The van der Waals surface area contributed by atoms with E-state index in [0.717, 1.165) is 19.3 Å². The van der Waals surface area contributed by atoms with Crippen molar-refractivity contribution in [2.45, 2.75) is 90.5 Å². The van der Waals surface area contributed by atoms with Gasteiger partial charge in [0, 0.05) is 13.1 Å². The maximum Gasteiger partial charge on any atom is 0.408 e. The highest BCUT2D eigenvalue weighted by atomic mass is 16.4. The molecule has 0 aliphatic heterocycles. The Bertz CT molecular complexity index is 321. The van der Waals surface area contributed by atoms with E-state index >= 15 is 0 Å². The van der Waals surface area contributed by atoms with Crippen molar-refractivity contribution in [3.63, 3.8) is 0 Å². The second-order valence-electron chi connectivity index (χ2n) is 6.40. The van der Waals surface area contributed by atoms with E-state index in [0.29, 0.717) is 0 Å². The SMILES string of the molecule is CCCCCCCCCCCCC(C)N(CC(=O)NC)C(=O)O. The lowest BCUT2D eigenvalue weighted by Gasteiger charge is -2.25. The summed E-state index contributed by atoms with van der Waals surface area (Å²) in [5, 5.41) is 11.7. The van der Waals surface area contributed by atoms with E-state index < -0.39 is 6.09 Å². The van der Waals surface area contributed by atoms with E-state index in [1.54, 1.807) is 0 Å². The molecule has 2 amide bonds. The Morgan fingerprint density at radius 3 is 1.87 bits per heavy atom. The summed E-state index contributed by atoms with van der Waals surface area (Å²) in [5.74, 6) is -0.262. The van der Waals surface area contributed by atoms with Gasteiger partial charge in [-0.05, 0) is 13.3 Å². The van der Waals surface area contributed by atoms with Crippen molar-refractivity contribution in [3.8, 4) is 0 Å². The second kappa shape index (κ2) is 14.3. The summed E-state index contributed by atoms with van der Waals surface area (Å²) >= 11 is 0. The minimum Gasteiger partial charge on any atom is -0.465 e. The molecule has 0 saturated heterocycles. The van der Waals surface area contributed by atoms with Crippen molar-refractivity contribution in [1.82, 2.24) is 10.2 Å². The zero-order chi connectivity index (χ0) is 17.5. The minimum atomic E-state index is -1.02. The van der Waals surface area contributed by atoms with Crippen LogP contribution in [-0.2, 0) is 4.79 Å². The Kier molecular flexibility index (Phi) is 13.6. The van der Waals surface area contributed by atoms with Gasteiger partial charge in [0.1, 0.15) is 6.54 Å². The fraction of sp³-hybridized carbons (Fsp3) is 0.889. The number of carboxylic acid groups (broad SMARTS) is 1. The maximum absolute atomic E-state index is 11.4. The molecule has 0 aromatic heterocycles. The lowest BCUT2D eigenvalue weighted by atomic mass is 10.0. The zero-order valence-corrected chi connectivity index (χ0v) is 15.3. The summed E-state index contributed by atoms with van der Waals surface area (Å²) in [5.41, 5.74) is 0. The van der Waals surface area contributed by atoms with Crippen LogP contribution in [0.15, 0.2) is 0 Å². The van der Waals surface area contributed by atoms with Gasteiger partial charge in [0.15, 0.2) is 0 Å². The number of carbonyl (C=O) groups is 2. The lowest BCUT2D eigenvalue weighted by molar-refractivity contribution is -0.121. The van der Waals surface area contributed by atoms with Crippen LogP contribution >= 0.6 is 0 Å². The van der Waals surface area contributed by atoms with Crippen LogP contribution in [0.3, 0.4) is 0 Å². The molecular weight excluding hydrogens is 292 g/mol. The summed E-state index contributed by atoms with van der Waals surface area (Å²) < 4.78 is 0. The van der Waals surface area contributed by atoms with Gasteiger partial charge in [-0.2, -0.15) is 0 Å². The van der Waals surface area contributed by atoms with Crippen molar-refractivity contribution in [3.05, 3.63) is 0 Å². The highest BCUT2D eigenvalue weighted by molar-refractivity contribution is 5.81. The first-order valence-corrected chi connectivity index (χ1v) is 9.23. The summed E-state index contributed by atoms with van der Waals surface area (Å²) in [6.45, 7) is 4.04. The fourth-order valence-corrected chi connectivity index (χ4v) is 2.73. The van der Waals surface area contributed by atoms with Crippen molar-refractivity contribution in [2.24, 2.45) is 0 Å². The predicted octanol–water partition coefficient (Wildman–Crippen LogP) is 4.41. The second-order valence-corrected chi connectivity index (χ2v) is 6.40. The molecule has 0 aromatic rings. The van der Waals surface area contributed by atoms with Gasteiger partial charge in [0.05, 0.1) is 0 Å². The average molecular weight is 328 g/mol. The van der Waals surface area contributed by atoms with Crippen LogP contribution in [0.2, 0.25) is 0 Å². The van der Waals surface area contributed by atoms with Crippen molar-refractivity contribution in [2.75, 3.05) is 13.6 Å². The third kappa shape index (κ3) is 11.9. The van der Waals surface area contributed by atoms with Gasteiger partial charge >= 0.3 is 6.09 Å². The summed E-state index contributed by atoms with van der Waals surface area (Å²) in [6, 6.07) is -0.112. The van der Waals surface area contributed by atoms with Crippen LogP contribution < -0.4 is 5.32 Å². The van der Waals surface area contributed by atoms with Gasteiger partial charge in [-0.1, -0.05) is 71.1 Å². The summed E-state index contributed by atoms with van der Waals surface area (Å²) in [4.78, 5) is 23.8. The number of hydrogen-bond donors (Lipinski definition) is 2. The number of likely N-dealkylation sites (N-methyl/N-ethyl adjacent to an activating group) is 1. The number of amides is 2. The molecule has 23 heavy (non-hydrogen) atoms. The lowest BCUT2D eigenvalue weighted by Crippen LogP contribution is -2.44. The molecular formula is C18H36N2O3. The molecule has 0 bridgehead atoms. The van der Waals surface area contributed by atoms with E-state index in [1.165, 1.54) is 63.3 Å². The predicted molar refractivity (Wildman–Crippen MR) is 94.7 cm³/mol. The molecule has 0 spiro atoms. The van der Waals surface area contributed by atoms with E-state index in [1.807, 2.05) is 6.92 Å². The number of nitrogens with one attached hydrogen (secondary N) is 1. The van der Waals surface area contributed by atoms with Crippen LogP contribution in [0.5, 0.6) is 0 Å². The summed E-state index contributed by atoms with van der Waals surface area (Å²) in [6.07, 6.45) is 12.5. The van der Waals surface area contributed by atoms with Gasteiger partial charge in [0.2, 0.25) is 5.91 Å². The molecule has 0 rings (SSSR count). The Balaban J connectivity index is 3.69. The standard InChI is InChI=1S/C18H36N2O3/c1-4-5-6-7-8-9-10-11-12-13-14-16(2)20(18(22)23)15-17(21)19-3/h16H,4-15H2,1-3H3,(H,19,21)(H,22,23). The average Bonchev–Trinajstić information content (AvgIpc) is 2.53. The fourth-order valence-electron chi connectivity index (χ4n) is 2.73. The van der Waals surface area contributed by atoms with Crippen LogP contribution in [0.1, 0.15) is 84.5 Å². The van der Waals surface area contributed by atoms with E-state index in [-0.39, 0.29) is 18.5 Å². The van der Waals surface area contributed by atoms with E-state index in [9.17, 15) is 14.7 Å². The molecule has 0 radical (unpaired) electrons. The van der Waals surface area contributed by atoms with Crippen molar-refractivity contribution < 1.29 is 14.7 Å². The maximum atomic E-state index is 11.4. The molecule has 2 N–H and O–H groups in total. The molecule has 0 fully saturated rings. The summed E-state index contributed by atoms with van der Waals surface area (Å²) in [7, 11) is 1.52. The molecule has 1 unspecified atom stereocenters.